The lowest BCUT2D eigenvalue weighted by Gasteiger charge is -2.21. The Morgan fingerprint density at radius 2 is 1.83 bits per heavy atom. The molecule has 0 spiro atoms. The first-order valence-corrected chi connectivity index (χ1v) is 6.09. The number of Topliss-reactive ketones (excluding diaryl/α,β-unsaturated/α-hetero) is 1. The lowest BCUT2D eigenvalue weighted by atomic mass is 10.0. The molecule has 18 heavy (non-hydrogen) atoms. The molecule has 0 bridgehead atoms. The van der Waals surface area contributed by atoms with E-state index in [1.165, 1.54) is 0 Å². The Kier molecular flexibility index (Phi) is 3.12. The fourth-order valence-corrected chi connectivity index (χ4v) is 1.99. The molecule has 0 N–H and O–H groups in total. The maximum Gasteiger partial charge on any atom is 0.160 e. The van der Waals surface area contributed by atoms with Gasteiger partial charge in [0.25, 0.3) is 0 Å². The highest BCUT2D eigenvalue weighted by Gasteiger charge is 2.12. The Hall–Kier alpha value is -1.83. The van der Waals surface area contributed by atoms with Gasteiger partial charge in [-0.1, -0.05) is 18.2 Å². The molecule has 0 aliphatic heterocycles. The van der Waals surface area contributed by atoms with Gasteiger partial charge in [-0.2, -0.15) is 0 Å². The van der Waals surface area contributed by atoms with Gasteiger partial charge in [0.2, 0.25) is 0 Å². The third-order valence-electron chi connectivity index (χ3n) is 2.66. The second kappa shape index (κ2) is 4.45. The largest absolute Gasteiger partial charge is 0.488 e. The molecule has 0 aliphatic carbocycles. The molecule has 2 aromatic rings. The van der Waals surface area contributed by atoms with Crippen molar-refractivity contribution in [3.8, 4) is 5.75 Å². The topological polar surface area (TPSA) is 26.3 Å². The van der Waals surface area contributed by atoms with Crippen LogP contribution in [0, 0.1) is 0 Å². The molecule has 0 atom stereocenters. The summed E-state index contributed by atoms with van der Waals surface area (Å²) >= 11 is 0. The first-order valence-electron chi connectivity index (χ1n) is 6.09. The summed E-state index contributed by atoms with van der Waals surface area (Å²) in [4.78, 5) is 11.5. The van der Waals surface area contributed by atoms with Crippen LogP contribution in [0.4, 0.5) is 0 Å². The third-order valence-corrected chi connectivity index (χ3v) is 2.66. The summed E-state index contributed by atoms with van der Waals surface area (Å²) in [6.07, 6.45) is 0. The minimum Gasteiger partial charge on any atom is -0.488 e. The average Bonchev–Trinajstić information content (AvgIpc) is 2.25. The number of fused-ring (bicyclic) bond motifs is 1. The smallest absolute Gasteiger partial charge is 0.160 e. The predicted octanol–water partition coefficient (Wildman–Crippen LogP) is 4.22. The molecule has 0 saturated heterocycles. The maximum atomic E-state index is 11.5. The molecule has 0 saturated carbocycles. The van der Waals surface area contributed by atoms with Gasteiger partial charge in [0, 0.05) is 5.56 Å². The minimum absolute atomic E-state index is 0.0880. The van der Waals surface area contributed by atoms with Crippen LogP contribution >= 0.6 is 0 Å². The van der Waals surface area contributed by atoms with Crippen molar-refractivity contribution in [2.45, 2.75) is 33.3 Å². The molecule has 0 heterocycles. The molecule has 0 aromatic heterocycles. The summed E-state index contributed by atoms with van der Waals surface area (Å²) in [6.45, 7) is 7.64. The van der Waals surface area contributed by atoms with Crippen LogP contribution in [0.2, 0.25) is 0 Å². The minimum atomic E-state index is -0.216. The van der Waals surface area contributed by atoms with Gasteiger partial charge >= 0.3 is 0 Å². The SMILES string of the molecule is CC(=O)c1cccc2cc(OC(C)(C)C)ccc12. The fraction of sp³-hybridized carbons (Fsp3) is 0.312. The summed E-state index contributed by atoms with van der Waals surface area (Å²) in [6, 6.07) is 11.6. The quantitative estimate of drug-likeness (QED) is 0.737. The fourth-order valence-electron chi connectivity index (χ4n) is 1.99. The van der Waals surface area contributed by atoms with Crippen molar-refractivity contribution in [3.05, 3.63) is 42.0 Å². The van der Waals surface area contributed by atoms with Crippen LogP contribution in [0.25, 0.3) is 10.8 Å². The van der Waals surface area contributed by atoms with Crippen molar-refractivity contribution < 1.29 is 9.53 Å². The van der Waals surface area contributed by atoms with E-state index >= 15 is 0 Å². The number of hydrogen-bond acceptors (Lipinski definition) is 2. The van der Waals surface area contributed by atoms with E-state index in [4.69, 9.17) is 4.74 Å². The van der Waals surface area contributed by atoms with E-state index in [2.05, 4.69) is 0 Å². The van der Waals surface area contributed by atoms with Gasteiger partial charge in [-0.3, -0.25) is 4.79 Å². The van der Waals surface area contributed by atoms with Crippen molar-refractivity contribution >= 4 is 16.6 Å². The predicted molar refractivity (Wildman–Crippen MR) is 74.3 cm³/mol. The number of hydrogen-bond donors (Lipinski definition) is 0. The van der Waals surface area contributed by atoms with Crippen molar-refractivity contribution in [2.24, 2.45) is 0 Å². The Morgan fingerprint density at radius 3 is 2.44 bits per heavy atom. The lowest BCUT2D eigenvalue weighted by Crippen LogP contribution is -2.22. The molecule has 2 heteroatoms. The van der Waals surface area contributed by atoms with E-state index in [-0.39, 0.29) is 11.4 Å². The molecule has 0 radical (unpaired) electrons. The maximum absolute atomic E-state index is 11.5. The Morgan fingerprint density at radius 1 is 1.11 bits per heavy atom. The van der Waals surface area contributed by atoms with Crippen molar-refractivity contribution in [1.82, 2.24) is 0 Å². The van der Waals surface area contributed by atoms with E-state index < -0.39 is 0 Å². The molecule has 2 nitrogen and oxygen atoms in total. The zero-order valence-corrected chi connectivity index (χ0v) is 11.3. The monoisotopic (exact) mass is 242 g/mol. The highest BCUT2D eigenvalue weighted by molar-refractivity contribution is 6.07. The molecule has 2 aromatic carbocycles. The normalized spacial score (nSPS) is 11.6. The molecule has 0 fully saturated rings. The van der Waals surface area contributed by atoms with Crippen LogP contribution in [0.15, 0.2) is 36.4 Å². The number of ether oxygens (including phenoxy) is 1. The number of carbonyl (C=O) groups is 1. The molecule has 0 amide bonds. The first kappa shape index (κ1) is 12.6. The van der Waals surface area contributed by atoms with E-state index in [9.17, 15) is 4.79 Å². The van der Waals surface area contributed by atoms with Crippen LogP contribution in [-0.2, 0) is 0 Å². The van der Waals surface area contributed by atoms with E-state index in [1.807, 2.05) is 57.2 Å². The molecule has 2 rings (SSSR count). The third kappa shape index (κ3) is 2.70. The van der Waals surface area contributed by atoms with Gasteiger partial charge < -0.3 is 4.74 Å². The lowest BCUT2D eigenvalue weighted by molar-refractivity contribution is 0.101. The second-order valence-corrected chi connectivity index (χ2v) is 5.46. The Labute approximate surface area is 108 Å². The summed E-state index contributed by atoms with van der Waals surface area (Å²) in [5.74, 6) is 0.917. The zero-order valence-electron chi connectivity index (χ0n) is 11.3. The standard InChI is InChI=1S/C16H18O2/c1-11(17)14-7-5-6-12-10-13(8-9-15(12)14)18-16(2,3)4/h5-10H,1-4H3. The van der Waals surface area contributed by atoms with Crippen molar-refractivity contribution in [3.63, 3.8) is 0 Å². The average molecular weight is 242 g/mol. The van der Waals surface area contributed by atoms with E-state index in [0.717, 1.165) is 22.1 Å². The Balaban J connectivity index is 2.50. The zero-order chi connectivity index (χ0) is 13.3. The number of rotatable bonds is 2. The van der Waals surface area contributed by atoms with Crippen LogP contribution < -0.4 is 4.74 Å². The second-order valence-electron chi connectivity index (χ2n) is 5.46. The van der Waals surface area contributed by atoms with Gasteiger partial charge in [-0.15, -0.1) is 0 Å². The summed E-state index contributed by atoms with van der Waals surface area (Å²) in [7, 11) is 0. The van der Waals surface area contributed by atoms with E-state index in [1.54, 1.807) is 6.92 Å². The van der Waals surface area contributed by atoms with E-state index in [0.29, 0.717) is 0 Å². The molecule has 0 unspecified atom stereocenters. The number of benzene rings is 2. The molecule has 94 valence electrons. The van der Waals surface area contributed by atoms with Gasteiger partial charge in [-0.25, -0.2) is 0 Å². The molecular formula is C16H18O2. The Bertz CT molecular complexity index is 592. The van der Waals surface area contributed by atoms with Gasteiger partial charge in [0.15, 0.2) is 5.78 Å². The van der Waals surface area contributed by atoms with Crippen LogP contribution in [0.1, 0.15) is 38.1 Å². The summed E-state index contributed by atoms with van der Waals surface area (Å²) in [5, 5.41) is 2.01. The number of ketones is 1. The molecule has 0 aliphatic rings. The summed E-state index contributed by atoms with van der Waals surface area (Å²) < 4.78 is 5.83. The number of carbonyl (C=O) groups excluding carboxylic acids is 1. The first-order chi connectivity index (χ1) is 8.37. The molecular weight excluding hydrogens is 224 g/mol. The highest BCUT2D eigenvalue weighted by atomic mass is 16.5. The van der Waals surface area contributed by atoms with Crippen molar-refractivity contribution in [2.75, 3.05) is 0 Å². The van der Waals surface area contributed by atoms with Crippen LogP contribution in [0.5, 0.6) is 5.75 Å². The summed E-state index contributed by atoms with van der Waals surface area (Å²) in [5.41, 5.74) is 0.543. The van der Waals surface area contributed by atoms with Crippen molar-refractivity contribution in [1.29, 1.82) is 0 Å². The van der Waals surface area contributed by atoms with Gasteiger partial charge in [0.1, 0.15) is 11.4 Å². The van der Waals surface area contributed by atoms with Crippen LogP contribution in [0.3, 0.4) is 0 Å². The van der Waals surface area contributed by atoms with Crippen LogP contribution in [-0.4, -0.2) is 11.4 Å². The highest BCUT2D eigenvalue weighted by Crippen LogP contribution is 2.26. The van der Waals surface area contributed by atoms with Gasteiger partial charge in [0.05, 0.1) is 0 Å². The van der Waals surface area contributed by atoms with Gasteiger partial charge in [-0.05, 0) is 56.7 Å².